The van der Waals surface area contributed by atoms with Gasteiger partial charge in [0.2, 0.25) is 0 Å². The average Bonchev–Trinajstić information content (AvgIpc) is 2.58. The van der Waals surface area contributed by atoms with Crippen LogP contribution in [0.5, 0.6) is 5.75 Å². The first-order valence-corrected chi connectivity index (χ1v) is 9.15. The summed E-state index contributed by atoms with van der Waals surface area (Å²) in [6.45, 7) is 4.91. The first kappa shape index (κ1) is 18.4. The first-order valence-electron chi connectivity index (χ1n) is 8.27. The lowest BCUT2D eigenvalue weighted by Gasteiger charge is -2.12. The molecule has 1 amide bonds. The van der Waals surface area contributed by atoms with Gasteiger partial charge in [-0.3, -0.25) is 4.79 Å². The van der Waals surface area contributed by atoms with Gasteiger partial charge in [0.15, 0.2) is 0 Å². The van der Waals surface area contributed by atoms with Gasteiger partial charge in [-0.05, 0) is 36.6 Å². The molecule has 0 aliphatic carbocycles. The molecule has 24 heavy (non-hydrogen) atoms. The number of carbonyl (C=O) groups is 1. The standard InChI is InChI=1S/C20H25NO2S/c1-15(2)24-19-13-7-5-11-17(19)20(22)21-14-8-10-16-9-4-6-12-18(16)23-3/h4-7,9,11-13,15H,8,10,14H2,1-3H3,(H,21,22). The summed E-state index contributed by atoms with van der Waals surface area (Å²) in [5, 5.41) is 3.48. The number of methoxy groups -OCH3 is 1. The number of hydrogen-bond donors (Lipinski definition) is 1. The number of aryl methyl sites for hydroxylation is 1. The smallest absolute Gasteiger partial charge is 0.252 e. The predicted octanol–water partition coefficient (Wildman–Crippen LogP) is 4.56. The summed E-state index contributed by atoms with van der Waals surface area (Å²) in [6.07, 6.45) is 1.76. The summed E-state index contributed by atoms with van der Waals surface area (Å²) >= 11 is 1.72. The number of para-hydroxylation sites is 1. The Bertz CT molecular complexity index is 670. The van der Waals surface area contributed by atoms with Crippen molar-refractivity contribution in [1.29, 1.82) is 0 Å². The molecule has 0 aromatic heterocycles. The zero-order valence-corrected chi connectivity index (χ0v) is 15.4. The van der Waals surface area contributed by atoms with Crippen LogP contribution in [0, 0.1) is 0 Å². The Morgan fingerprint density at radius 1 is 1.12 bits per heavy atom. The molecule has 0 aliphatic heterocycles. The summed E-state index contributed by atoms with van der Waals surface area (Å²) in [6, 6.07) is 15.8. The van der Waals surface area contributed by atoms with Crippen molar-refractivity contribution in [2.24, 2.45) is 0 Å². The van der Waals surface area contributed by atoms with Crippen LogP contribution in [0.1, 0.15) is 36.2 Å². The van der Waals surface area contributed by atoms with Gasteiger partial charge in [0.25, 0.3) is 5.91 Å². The molecule has 0 aliphatic rings. The Hall–Kier alpha value is -1.94. The predicted molar refractivity (Wildman–Crippen MR) is 101 cm³/mol. The van der Waals surface area contributed by atoms with Crippen molar-refractivity contribution in [3.8, 4) is 5.75 Å². The Balaban J connectivity index is 1.88. The zero-order valence-electron chi connectivity index (χ0n) is 14.5. The minimum Gasteiger partial charge on any atom is -0.496 e. The number of ether oxygens (including phenoxy) is 1. The molecule has 0 heterocycles. The Morgan fingerprint density at radius 3 is 2.58 bits per heavy atom. The molecule has 0 unspecified atom stereocenters. The van der Waals surface area contributed by atoms with E-state index in [1.54, 1.807) is 18.9 Å². The van der Waals surface area contributed by atoms with Crippen LogP contribution in [0.4, 0.5) is 0 Å². The van der Waals surface area contributed by atoms with Crippen molar-refractivity contribution >= 4 is 17.7 Å². The highest BCUT2D eigenvalue weighted by Crippen LogP contribution is 2.26. The van der Waals surface area contributed by atoms with E-state index in [1.807, 2.05) is 42.5 Å². The van der Waals surface area contributed by atoms with Gasteiger partial charge in [-0.2, -0.15) is 0 Å². The maximum absolute atomic E-state index is 12.4. The van der Waals surface area contributed by atoms with Crippen LogP contribution in [-0.2, 0) is 6.42 Å². The second-order valence-corrected chi connectivity index (χ2v) is 7.45. The monoisotopic (exact) mass is 343 g/mol. The van der Waals surface area contributed by atoms with Crippen molar-refractivity contribution in [1.82, 2.24) is 5.32 Å². The molecule has 2 aromatic carbocycles. The number of rotatable bonds is 8. The number of benzene rings is 2. The van der Waals surface area contributed by atoms with E-state index in [-0.39, 0.29) is 5.91 Å². The SMILES string of the molecule is COc1ccccc1CCCNC(=O)c1ccccc1SC(C)C. The molecule has 2 rings (SSSR count). The number of amides is 1. The largest absolute Gasteiger partial charge is 0.496 e. The highest BCUT2D eigenvalue weighted by molar-refractivity contribution is 8.00. The number of thioether (sulfide) groups is 1. The quantitative estimate of drug-likeness (QED) is 0.564. The fraction of sp³-hybridized carbons (Fsp3) is 0.350. The topological polar surface area (TPSA) is 38.3 Å². The van der Waals surface area contributed by atoms with Gasteiger partial charge >= 0.3 is 0 Å². The van der Waals surface area contributed by atoms with Crippen LogP contribution < -0.4 is 10.1 Å². The molecule has 0 saturated carbocycles. The second-order valence-electron chi connectivity index (χ2n) is 5.83. The summed E-state index contributed by atoms with van der Waals surface area (Å²) < 4.78 is 5.36. The molecule has 1 N–H and O–H groups in total. The van der Waals surface area contributed by atoms with E-state index in [4.69, 9.17) is 4.74 Å². The molecule has 0 radical (unpaired) electrons. The Kier molecular flexibility index (Phi) is 7.19. The average molecular weight is 343 g/mol. The van der Waals surface area contributed by atoms with Crippen LogP contribution >= 0.6 is 11.8 Å². The molecule has 128 valence electrons. The van der Waals surface area contributed by atoms with Crippen molar-refractivity contribution in [2.75, 3.05) is 13.7 Å². The maximum Gasteiger partial charge on any atom is 0.252 e. The molecule has 3 nitrogen and oxygen atoms in total. The second kappa shape index (κ2) is 9.38. The molecule has 0 spiro atoms. The lowest BCUT2D eigenvalue weighted by Crippen LogP contribution is -2.25. The Labute approximate surface area is 148 Å². The van der Waals surface area contributed by atoms with Crippen LogP contribution in [0.25, 0.3) is 0 Å². The normalized spacial score (nSPS) is 10.7. The Morgan fingerprint density at radius 2 is 1.83 bits per heavy atom. The van der Waals surface area contributed by atoms with E-state index >= 15 is 0 Å². The molecule has 0 saturated heterocycles. The molecule has 0 bridgehead atoms. The van der Waals surface area contributed by atoms with E-state index in [1.165, 1.54) is 5.56 Å². The lowest BCUT2D eigenvalue weighted by atomic mass is 10.1. The van der Waals surface area contributed by atoms with E-state index in [2.05, 4.69) is 25.2 Å². The highest BCUT2D eigenvalue weighted by Gasteiger charge is 2.12. The first-order chi connectivity index (χ1) is 11.6. The fourth-order valence-electron chi connectivity index (χ4n) is 2.50. The summed E-state index contributed by atoms with van der Waals surface area (Å²) in [7, 11) is 1.68. The third-order valence-corrected chi connectivity index (χ3v) is 4.68. The van der Waals surface area contributed by atoms with Crippen LogP contribution in [0.2, 0.25) is 0 Å². The van der Waals surface area contributed by atoms with Crippen molar-refractivity contribution in [2.45, 2.75) is 36.8 Å². The van der Waals surface area contributed by atoms with E-state index < -0.39 is 0 Å². The molecule has 0 atom stereocenters. The molecule has 2 aromatic rings. The van der Waals surface area contributed by atoms with Gasteiger partial charge in [-0.15, -0.1) is 11.8 Å². The third kappa shape index (κ3) is 5.31. The molecular weight excluding hydrogens is 318 g/mol. The highest BCUT2D eigenvalue weighted by atomic mass is 32.2. The van der Waals surface area contributed by atoms with Crippen molar-refractivity contribution < 1.29 is 9.53 Å². The molecular formula is C20H25NO2S. The summed E-state index contributed by atoms with van der Waals surface area (Å²) in [4.78, 5) is 13.5. The number of carbonyl (C=O) groups excluding carboxylic acids is 1. The van der Waals surface area contributed by atoms with Gasteiger partial charge < -0.3 is 10.1 Å². The van der Waals surface area contributed by atoms with Crippen LogP contribution in [-0.4, -0.2) is 24.8 Å². The van der Waals surface area contributed by atoms with Gasteiger partial charge in [-0.25, -0.2) is 0 Å². The molecule has 4 heteroatoms. The van der Waals surface area contributed by atoms with Crippen LogP contribution in [0.15, 0.2) is 53.4 Å². The van der Waals surface area contributed by atoms with Crippen molar-refractivity contribution in [3.63, 3.8) is 0 Å². The van der Waals surface area contributed by atoms with Gasteiger partial charge in [0, 0.05) is 16.7 Å². The summed E-state index contributed by atoms with van der Waals surface area (Å²) in [5.41, 5.74) is 1.93. The molecule has 0 fully saturated rings. The minimum atomic E-state index is -0.00113. The van der Waals surface area contributed by atoms with Crippen molar-refractivity contribution in [3.05, 3.63) is 59.7 Å². The fourth-order valence-corrected chi connectivity index (χ4v) is 3.45. The van der Waals surface area contributed by atoms with E-state index in [9.17, 15) is 4.79 Å². The zero-order chi connectivity index (χ0) is 17.4. The van der Waals surface area contributed by atoms with Gasteiger partial charge in [0.1, 0.15) is 5.75 Å². The summed E-state index contributed by atoms with van der Waals surface area (Å²) in [5.74, 6) is 0.904. The minimum absolute atomic E-state index is 0.00113. The number of hydrogen-bond acceptors (Lipinski definition) is 3. The van der Waals surface area contributed by atoms with Gasteiger partial charge in [-0.1, -0.05) is 44.2 Å². The van der Waals surface area contributed by atoms with Crippen LogP contribution in [0.3, 0.4) is 0 Å². The maximum atomic E-state index is 12.4. The van der Waals surface area contributed by atoms with Gasteiger partial charge in [0.05, 0.1) is 12.7 Å². The lowest BCUT2D eigenvalue weighted by molar-refractivity contribution is 0.0950. The third-order valence-electron chi connectivity index (χ3n) is 3.60. The van der Waals surface area contributed by atoms with E-state index in [0.717, 1.165) is 29.1 Å². The van der Waals surface area contributed by atoms with E-state index in [0.29, 0.717) is 11.8 Å². The number of nitrogens with one attached hydrogen (secondary N) is 1.